The first-order valence-electron chi connectivity index (χ1n) is 5.64. The van der Waals surface area contributed by atoms with Crippen LogP contribution in [0.1, 0.15) is 11.7 Å². The van der Waals surface area contributed by atoms with Crippen molar-refractivity contribution in [1.82, 2.24) is 15.2 Å². The molecule has 0 saturated carbocycles. The van der Waals surface area contributed by atoms with Gasteiger partial charge in [-0.1, -0.05) is 35.3 Å². The molecule has 7 heteroatoms. The molecule has 1 aromatic carbocycles. The number of hydrogen-bond acceptors (Lipinski definition) is 4. The largest absolute Gasteiger partial charge is 0.271 e. The van der Waals surface area contributed by atoms with Crippen LogP contribution in [0.5, 0.6) is 0 Å². The van der Waals surface area contributed by atoms with Crippen molar-refractivity contribution in [2.75, 3.05) is 5.75 Å². The van der Waals surface area contributed by atoms with E-state index in [0.717, 1.165) is 15.6 Å². The van der Waals surface area contributed by atoms with E-state index in [9.17, 15) is 0 Å². The normalized spacial score (nSPS) is 12.6. The lowest BCUT2D eigenvalue weighted by atomic mass is 10.2. The Kier molecular flexibility index (Phi) is 5.13. The first-order chi connectivity index (χ1) is 9.13. The van der Waals surface area contributed by atoms with Crippen LogP contribution in [0, 0.1) is 0 Å². The Balaban J connectivity index is 2.11. The fourth-order valence-corrected chi connectivity index (χ4v) is 3.33. The Morgan fingerprint density at radius 3 is 2.68 bits per heavy atom. The number of nitrogens with one attached hydrogen (secondary N) is 1. The number of rotatable bonds is 5. The standard InChI is InChI=1S/C12H14Cl2N4S/c1-18-12(9(14)6-16-18)10(17-15)7-19-11-5-3-2-4-8(11)13/h2-6,10,17H,7,15H2,1H3. The van der Waals surface area contributed by atoms with E-state index in [1.165, 1.54) is 0 Å². The minimum Gasteiger partial charge on any atom is -0.271 e. The molecule has 1 unspecified atom stereocenters. The monoisotopic (exact) mass is 316 g/mol. The van der Waals surface area contributed by atoms with Crippen molar-refractivity contribution in [2.45, 2.75) is 10.9 Å². The highest BCUT2D eigenvalue weighted by Crippen LogP contribution is 2.31. The van der Waals surface area contributed by atoms with Crippen molar-refractivity contribution in [3.63, 3.8) is 0 Å². The van der Waals surface area contributed by atoms with E-state index in [4.69, 9.17) is 29.0 Å². The van der Waals surface area contributed by atoms with Gasteiger partial charge in [-0.3, -0.25) is 16.0 Å². The number of halogens is 2. The third-order valence-electron chi connectivity index (χ3n) is 2.71. The van der Waals surface area contributed by atoms with Gasteiger partial charge in [-0.05, 0) is 12.1 Å². The van der Waals surface area contributed by atoms with Gasteiger partial charge in [-0.15, -0.1) is 11.8 Å². The second-order valence-corrected chi connectivity index (χ2v) is 5.84. The second kappa shape index (κ2) is 6.63. The van der Waals surface area contributed by atoms with Crippen LogP contribution in [0.15, 0.2) is 35.4 Å². The molecule has 0 saturated heterocycles. The maximum Gasteiger partial charge on any atom is 0.0834 e. The molecule has 1 atom stereocenters. The number of aromatic nitrogens is 2. The summed E-state index contributed by atoms with van der Waals surface area (Å²) in [5.41, 5.74) is 3.63. The smallest absolute Gasteiger partial charge is 0.0834 e. The molecule has 1 heterocycles. The summed E-state index contributed by atoms with van der Waals surface area (Å²) in [7, 11) is 1.84. The van der Waals surface area contributed by atoms with Gasteiger partial charge in [0.1, 0.15) is 0 Å². The number of nitrogens with two attached hydrogens (primary N) is 1. The number of nitrogens with zero attached hydrogens (tertiary/aromatic N) is 2. The topological polar surface area (TPSA) is 55.9 Å². The third kappa shape index (κ3) is 3.43. The number of hydrogen-bond donors (Lipinski definition) is 2. The van der Waals surface area contributed by atoms with Gasteiger partial charge >= 0.3 is 0 Å². The first-order valence-corrected chi connectivity index (χ1v) is 7.38. The summed E-state index contributed by atoms with van der Waals surface area (Å²) in [6, 6.07) is 7.61. The lowest BCUT2D eigenvalue weighted by Crippen LogP contribution is -2.31. The lowest BCUT2D eigenvalue weighted by Gasteiger charge is -2.16. The molecule has 3 N–H and O–H groups in total. The van der Waals surface area contributed by atoms with Crippen LogP contribution in [0.2, 0.25) is 10.0 Å². The summed E-state index contributed by atoms with van der Waals surface area (Å²) in [5.74, 6) is 6.32. The maximum absolute atomic E-state index is 6.12. The highest BCUT2D eigenvalue weighted by Gasteiger charge is 2.18. The summed E-state index contributed by atoms with van der Waals surface area (Å²) < 4.78 is 1.72. The summed E-state index contributed by atoms with van der Waals surface area (Å²) in [6.07, 6.45) is 1.61. The van der Waals surface area contributed by atoms with Gasteiger partial charge in [-0.2, -0.15) is 5.10 Å². The number of hydrazine groups is 1. The molecule has 2 rings (SSSR count). The van der Waals surface area contributed by atoms with E-state index in [-0.39, 0.29) is 6.04 Å². The van der Waals surface area contributed by atoms with Crippen LogP contribution < -0.4 is 11.3 Å². The highest BCUT2D eigenvalue weighted by molar-refractivity contribution is 7.99. The Morgan fingerprint density at radius 1 is 1.37 bits per heavy atom. The van der Waals surface area contributed by atoms with Gasteiger partial charge in [0.05, 0.1) is 28.0 Å². The first kappa shape index (κ1) is 14.7. The summed E-state index contributed by atoms with van der Waals surface area (Å²) in [6.45, 7) is 0. The van der Waals surface area contributed by atoms with Crippen LogP contribution in [0.3, 0.4) is 0 Å². The minimum atomic E-state index is -0.0960. The van der Waals surface area contributed by atoms with Crippen LogP contribution in [0.4, 0.5) is 0 Å². The quantitative estimate of drug-likeness (QED) is 0.506. The predicted octanol–water partition coefficient (Wildman–Crippen LogP) is 3.02. The zero-order chi connectivity index (χ0) is 13.8. The molecule has 0 amide bonds. The number of benzene rings is 1. The van der Waals surface area contributed by atoms with Gasteiger partial charge in [0.25, 0.3) is 0 Å². The molecule has 0 aliphatic rings. The molecular formula is C12H14Cl2N4S. The summed E-state index contributed by atoms with van der Waals surface area (Å²) in [5, 5.41) is 5.45. The van der Waals surface area contributed by atoms with Gasteiger partial charge in [0.2, 0.25) is 0 Å². The number of thioether (sulfide) groups is 1. The lowest BCUT2D eigenvalue weighted by molar-refractivity contribution is 0.554. The molecule has 0 spiro atoms. The Labute approximate surface area is 126 Å². The van der Waals surface area contributed by atoms with Gasteiger partial charge in [-0.25, -0.2) is 0 Å². The van der Waals surface area contributed by atoms with E-state index in [1.807, 2.05) is 31.3 Å². The van der Waals surface area contributed by atoms with E-state index in [1.54, 1.807) is 22.6 Å². The average molecular weight is 317 g/mol. The van der Waals surface area contributed by atoms with Crippen molar-refractivity contribution in [1.29, 1.82) is 0 Å². The van der Waals surface area contributed by atoms with E-state index >= 15 is 0 Å². The highest BCUT2D eigenvalue weighted by atomic mass is 35.5. The van der Waals surface area contributed by atoms with Crippen LogP contribution in [-0.4, -0.2) is 15.5 Å². The molecule has 0 bridgehead atoms. The zero-order valence-corrected chi connectivity index (χ0v) is 12.6. The number of aryl methyl sites for hydroxylation is 1. The van der Waals surface area contributed by atoms with Crippen molar-refractivity contribution < 1.29 is 0 Å². The molecule has 0 fully saturated rings. The molecule has 2 aromatic rings. The van der Waals surface area contributed by atoms with Crippen LogP contribution >= 0.6 is 35.0 Å². The molecule has 0 aliphatic heterocycles. The van der Waals surface area contributed by atoms with Crippen LogP contribution in [-0.2, 0) is 7.05 Å². The summed E-state index contributed by atoms with van der Waals surface area (Å²) in [4.78, 5) is 1.02. The second-order valence-electron chi connectivity index (χ2n) is 3.96. The minimum absolute atomic E-state index is 0.0960. The molecule has 19 heavy (non-hydrogen) atoms. The van der Waals surface area contributed by atoms with Gasteiger partial charge < -0.3 is 0 Å². The van der Waals surface area contributed by atoms with Crippen molar-refractivity contribution >= 4 is 35.0 Å². The Morgan fingerprint density at radius 2 is 2.11 bits per heavy atom. The predicted molar refractivity (Wildman–Crippen MR) is 80.5 cm³/mol. The van der Waals surface area contributed by atoms with E-state index in [0.29, 0.717) is 10.8 Å². The molecule has 1 aromatic heterocycles. The fourth-order valence-electron chi connectivity index (χ4n) is 1.75. The zero-order valence-electron chi connectivity index (χ0n) is 10.3. The fraction of sp³-hybridized carbons (Fsp3) is 0.250. The third-order valence-corrected chi connectivity index (χ3v) is 4.61. The Bertz CT molecular complexity index is 539. The maximum atomic E-state index is 6.12. The van der Waals surface area contributed by atoms with Crippen molar-refractivity contribution in [3.8, 4) is 0 Å². The Hall–Kier alpha value is -0.720. The van der Waals surface area contributed by atoms with Gasteiger partial charge in [0.15, 0.2) is 0 Å². The summed E-state index contributed by atoms with van der Waals surface area (Å²) >= 11 is 13.9. The molecular weight excluding hydrogens is 303 g/mol. The molecule has 0 radical (unpaired) electrons. The van der Waals surface area contributed by atoms with Crippen molar-refractivity contribution in [2.24, 2.45) is 12.9 Å². The van der Waals surface area contributed by atoms with Crippen LogP contribution in [0.25, 0.3) is 0 Å². The molecule has 4 nitrogen and oxygen atoms in total. The van der Waals surface area contributed by atoms with E-state index < -0.39 is 0 Å². The average Bonchev–Trinajstić information content (AvgIpc) is 2.73. The molecule has 0 aliphatic carbocycles. The van der Waals surface area contributed by atoms with E-state index in [2.05, 4.69) is 10.5 Å². The SMILES string of the molecule is Cn1ncc(Cl)c1C(CSc1ccccc1Cl)NN. The van der Waals surface area contributed by atoms with Gasteiger partial charge in [0, 0.05) is 17.7 Å². The molecule has 102 valence electrons. The van der Waals surface area contributed by atoms with Crippen molar-refractivity contribution in [3.05, 3.63) is 46.2 Å².